The Morgan fingerprint density at radius 1 is 1.21 bits per heavy atom. The molecule has 0 radical (unpaired) electrons. The number of piperidine rings is 1. The van der Waals surface area contributed by atoms with Crippen LogP contribution in [0.4, 0.5) is 4.79 Å². The fraction of sp³-hybridized carbons (Fsp3) is 0.650. The Bertz CT molecular complexity index is 502. The predicted molar refractivity (Wildman–Crippen MR) is 97.8 cm³/mol. The third-order valence-electron chi connectivity index (χ3n) is 4.66. The molecule has 4 heteroatoms. The second kappa shape index (κ2) is 9.07. The minimum atomic E-state index is -0.308. The summed E-state index contributed by atoms with van der Waals surface area (Å²) in [6, 6.07) is 9.97. The maximum atomic E-state index is 12.1. The van der Waals surface area contributed by atoms with Crippen LogP contribution in [0.5, 0.6) is 0 Å². The lowest BCUT2D eigenvalue weighted by atomic mass is 9.85. The molecule has 1 heterocycles. The molecule has 1 N–H and O–H groups in total. The topological polar surface area (TPSA) is 41.6 Å². The molecule has 1 fully saturated rings. The second-order valence-electron chi connectivity index (χ2n) is 7.76. The van der Waals surface area contributed by atoms with Gasteiger partial charge in [-0.15, -0.1) is 0 Å². The van der Waals surface area contributed by atoms with Crippen LogP contribution < -0.4 is 5.32 Å². The summed E-state index contributed by atoms with van der Waals surface area (Å²) in [6.07, 6.45) is 0.727. The third-order valence-corrected chi connectivity index (χ3v) is 4.66. The van der Waals surface area contributed by atoms with E-state index < -0.39 is 0 Å². The van der Waals surface area contributed by atoms with E-state index in [9.17, 15) is 4.79 Å². The highest BCUT2D eigenvalue weighted by atomic mass is 16.5. The highest BCUT2D eigenvalue weighted by molar-refractivity contribution is 5.67. The zero-order valence-electron chi connectivity index (χ0n) is 15.5. The van der Waals surface area contributed by atoms with Gasteiger partial charge >= 0.3 is 6.09 Å². The van der Waals surface area contributed by atoms with E-state index in [4.69, 9.17) is 4.74 Å². The molecular weight excluding hydrogens is 300 g/mol. The summed E-state index contributed by atoms with van der Waals surface area (Å²) in [5, 5.41) is 3.07. The van der Waals surface area contributed by atoms with E-state index in [1.807, 2.05) is 30.3 Å². The normalized spacial score (nSPS) is 21.9. The van der Waals surface area contributed by atoms with Crippen molar-refractivity contribution in [2.24, 2.45) is 17.8 Å². The lowest BCUT2D eigenvalue weighted by Crippen LogP contribution is -2.52. The first-order valence-corrected chi connectivity index (χ1v) is 9.13. The molecule has 0 aliphatic carbocycles. The number of alkyl carbamates (subject to hydrolysis) is 1. The SMILES string of the molecule is CC(C)CN1CC(NC(=O)OCc2ccccc2)CC(C(C)C)C1. The van der Waals surface area contributed by atoms with Crippen LogP contribution in [0.25, 0.3) is 0 Å². The smallest absolute Gasteiger partial charge is 0.407 e. The van der Waals surface area contributed by atoms with Crippen molar-refractivity contribution in [2.45, 2.75) is 46.8 Å². The molecule has 24 heavy (non-hydrogen) atoms. The number of rotatable bonds is 6. The van der Waals surface area contributed by atoms with Crippen LogP contribution >= 0.6 is 0 Å². The Kier molecular flexibility index (Phi) is 7.10. The largest absolute Gasteiger partial charge is 0.445 e. The van der Waals surface area contributed by atoms with Gasteiger partial charge in [0, 0.05) is 25.7 Å². The van der Waals surface area contributed by atoms with Crippen LogP contribution in [-0.4, -0.2) is 36.7 Å². The van der Waals surface area contributed by atoms with E-state index in [2.05, 4.69) is 37.9 Å². The average Bonchev–Trinajstić information content (AvgIpc) is 2.53. The van der Waals surface area contributed by atoms with Gasteiger partial charge in [0.2, 0.25) is 0 Å². The molecule has 0 saturated carbocycles. The van der Waals surface area contributed by atoms with Crippen LogP contribution in [0, 0.1) is 17.8 Å². The molecule has 2 rings (SSSR count). The monoisotopic (exact) mass is 332 g/mol. The maximum absolute atomic E-state index is 12.1. The Labute approximate surface area is 146 Å². The van der Waals surface area contributed by atoms with Gasteiger partial charge in [0.1, 0.15) is 6.61 Å². The summed E-state index contributed by atoms with van der Waals surface area (Å²) in [5.74, 6) is 1.89. The number of nitrogens with one attached hydrogen (secondary N) is 1. The first-order valence-electron chi connectivity index (χ1n) is 9.13. The number of carbonyl (C=O) groups excluding carboxylic acids is 1. The van der Waals surface area contributed by atoms with Gasteiger partial charge in [-0.3, -0.25) is 0 Å². The number of carbonyl (C=O) groups is 1. The lowest BCUT2D eigenvalue weighted by Gasteiger charge is -2.40. The van der Waals surface area contributed by atoms with Crippen molar-refractivity contribution in [3.8, 4) is 0 Å². The van der Waals surface area contributed by atoms with E-state index >= 15 is 0 Å². The van der Waals surface area contributed by atoms with Crippen LogP contribution in [0.2, 0.25) is 0 Å². The molecule has 1 aliphatic rings. The molecule has 1 aromatic rings. The average molecular weight is 332 g/mol. The molecule has 1 saturated heterocycles. The summed E-state index contributed by atoms with van der Waals surface area (Å²) in [4.78, 5) is 14.6. The summed E-state index contributed by atoms with van der Waals surface area (Å²) in [6.45, 7) is 12.5. The standard InChI is InChI=1S/C20H32N2O2/c1-15(2)11-22-12-18(16(3)4)10-19(13-22)21-20(23)24-14-17-8-6-5-7-9-17/h5-9,15-16,18-19H,10-14H2,1-4H3,(H,21,23). The Balaban J connectivity index is 1.85. The van der Waals surface area contributed by atoms with E-state index in [-0.39, 0.29) is 12.1 Å². The minimum absolute atomic E-state index is 0.174. The maximum Gasteiger partial charge on any atom is 0.407 e. The van der Waals surface area contributed by atoms with Crippen molar-refractivity contribution in [1.82, 2.24) is 10.2 Å². The highest BCUT2D eigenvalue weighted by Crippen LogP contribution is 2.24. The first-order chi connectivity index (χ1) is 11.4. The van der Waals surface area contributed by atoms with Gasteiger partial charge in [-0.25, -0.2) is 4.79 Å². The van der Waals surface area contributed by atoms with E-state index in [1.165, 1.54) is 0 Å². The van der Waals surface area contributed by atoms with Crippen molar-refractivity contribution in [3.05, 3.63) is 35.9 Å². The van der Waals surface area contributed by atoms with E-state index in [1.54, 1.807) is 0 Å². The summed E-state index contributed by atoms with van der Waals surface area (Å²) < 4.78 is 5.37. The molecule has 1 aliphatic heterocycles. The predicted octanol–water partition coefficient (Wildman–Crippen LogP) is 3.92. The van der Waals surface area contributed by atoms with Gasteiger partial charge < -0.3 is 15.0 Å². The molecule has 2 atom stereocenters. The van der Waals surface area contributed by atoms with E-state index in [0.717, 1.165) is 31.6 Å². The van der Waals surface area contributed by atoms with Gasteiger partial charge in [-0.05, 0) is 29.7 Å². The summed E-state index contributed by atoms with van der Waals surface area (Å²) in [7, 11) is 0. The zero-order chi connectivity index (χ0) is 17.5. The molecule has 0 aromatic heterocycles. The number of likely N-dealkylation sites (tertiary alicyclic amines) is 1. The number of amides is 1. The van der Waals surface area contributed by atoms with Gasteiger partial charge in [0.05, 0.1) is 0 Å². The van der Waals surface area contributed by atoms with Crippen LogP contribution in [0.3, 0.4) is 0 Å². The van der Waals surface area contributed by atoms with Crippen molar-refractivity contribution < 1.29 is 9.53 Å². The fourth-order valence-corrected chi connectivity index (χ4v) is 3.42. The van der Waals surface area contributed by atoms with Crippen molar-refractivity contribution in [3.63, 3.8) is 0 Å². The Morgan fingerprint density at radius 3 is 2.54 bits per heavy atom. The van der Waals surface area contributed by atoms with Crippen LogP contribution in [-0.2, 0) is 11.3 Å². The van der Waals surface area contributed by atoms with Crippen LogP contribution in [0.15, 0.2) is 30.3 Å². The molecule has 134 valence electrons. The van der Waals surface area contributed by atoms with Crippen molar-refractivity contribution >= 4 is 6.09 Å². The molecule has 1 amide bonds. The molecule has 0 bridgehead atoms. The number of ether oxygens (including phenoxy) is 1. The number of nitrogens with zero attached hydrogens (tertiary/aromatic N) is 1. The molecule has 1 aromatic carbocycles. The lowest BCUT2D eigenvalue weighted by molar-refractivity contribution is 0.0917. The number of benzene rings is 1. The Morgan fingerprint density at radius 2 is 1.92 bits per heavy atom. The van der Waals surface area contributed by atoms with E-state index in [0.29, 0.717) is 24.4 Å². The molecule has 2 unspecified atom stereocenters. The molecular formula is C20H32N2O2. The summed E-state index contributed by atoms with van der Waals surface area (Å²) >= 11 is 0. The Hall–Kier alpha value is -1.55. The van der Waals surface area contributed by atoms with Crippen LogP contribution in [0.1, 0.15) is 39.7 Å². The van der Waals surface area contributed by atoms with Gasteiger partial charge in [-0.1, -0.05) is 58.0 Å². The fourth-order valence-electron chi connectivity index (χ4n) is 3.42. The zero-order valence-corrected chi connectivity index (χ0v) is 15.5. The third kappa shape index (κ3) is 6.16. The van der Waals surface area contributed by atoms with Gasteiger partial charge in [0.25, 0.3) is 0 Å². The molecule has 4 nitrogen and oxygen atoms in total. The van der Waals surface area contributed by atoms with Gasteiger partial charge in [0.15, 0.2) is 0 Å². The minimum Gasteiger partial charge on any atom is -0.445 e. The number of hydrogen-bond acceptors (Lipinski definition) is 3. The van der Waals surface area contributed by atoms with Gasteiger partial charge in [-0.2, -0.15) is 0 Å². The van der Waals surface area contributed by atoms with Crippen molar-refractivity contribution in [1.29, 1.82) is 0 Å². The van der Waals surface area contributed by atoms with Crippen molar-refractivity contribution in [2.75, 3.05) is 19.6 Å². The first kappa shape index (κ1) is 18.8. The quantitative estimate of drug-likeness (QED) is 0.858. The molecule has 0 spiro atoms. The summed E-state index contributed by atoms with van der Waals surface area (Å²) in [5.41, 5.74) is 1.01. The second-order valence-corrected chi connectivity index (χ2v) is 7.76. The highest BCUT2D eigenvalue weighted by Gasteiger charge is 2.30. The number of hydrogen-bond donors (Lipinski definition) is 1.